The van der Waals surface area contributed by atoms with Crippen LogP contribution in [0.1, 0.15) is 68.7 Å². The summed E-state index contributed by atoms with van der Waals surface area (Å²) in [5.74, 6) is 0. The topological polar surface area (TPSA) is 3.24 Å². The van der Waals surface area contributed by atoms with Gasteiger partial charge in [-0.2, -0.15) is 0 Å². The average Bonchev–Trinajstić information content (AvgIpc) is 3.05. The van der Waals surface area contributed by atoms with Gasteiger partial charge in [-0.1, -0.05) is 179 Å². The summed E-state index contributed by atoms with van der Waals surface area (Å²) in [6.45, 7) is 43.4. The van der Waals surface area contributed by atoms with Crippen LogP contribution in [0.2, 0.25) is 0 Å². The summed E-state index contributed by atoms with van der Waals surface area (Å²) in [5.41, 5.74) is 8.42. The predicted molar refractivity (Wildman–Crippen MR) is 227 cm³/mol. The van der Waals surface area contributed by atoms with E-state index in [0.29, 0.717) is 0 Å². The van der Waals surface area contributed by atoms with Gasteiger partial charge in [-0.3, -0.25) is 0 Å². The highest BCUT2D eigenvalue weighted by molar-refractivity contribution is 14.1. The highest BCUT2D eigenvalue weighted by Crippen LogP contribution is 2.30. The molecule has 0 aliphatic heterocycles. The zero-order valence-electron chi connectivity index (χ0n) is 30.7. The Balaban J connectivity index is 0. The van der Waals surface area contributed by atoms with E-state index in [1.165, 1.54) is 12.0 Å². The zero-order chi connectivity index (χ0) is 36.4. The molecule has 0 heterocycles. The maximum Gasteiger partial charge on any atom is 0.0461 e. The SMILES string of the molecule is C/C=C\C.C/C=C\C.C=C(C)/C=C\C(=C)C(=C)/C=C\C(=C)N(C(=C)/C=C\C(=C)C(C)(C)I)c1ccc(-c2ccccc2)cc1.CCC. The van der Waals surface area contributed by atoms with Gasteiger partial charge in [-0.05, 0) is 101 Å². The highest BCUT2D eigenvalue weighted by atomic mass is 127. The number of halogens is 1. The van der Waals surface area contributed by atoms with E-state index in [1.54, 1.807) is 0 Å². The van der Waals surface area contributed by atoms with Gasteiger partial charge in [-0.25, -0.2) is 0 Å². The maximum absolute atomic E-state index is 4.34. The van der Waals surface area contributed by atoms with E-state index in [1.807, 2.05) is 118 Å². The molecule has 0 atom stereocenters. The van der Waals surface area contributed by atoms with Crippen molar-refractivity contribution >= 4 is 28.3 Å². The van der Waals surface area contributed by atoms with Gasteiger partial charge in [0.15, 0.2) is 0 Å². The number of benzene rings is 2. The summed E-state index contributed by atoms with van der Waals surface area (Å²) >= 11 is 2.39. The summed E-state index contributed by atoms with van der Waals surface area (Å²) < 4.78 is -0.0526. The van der Waals surface area contributed by atoms with Crippen LogP contribution in [0.3, 0.4) is 0 Å². The lowest BCUT2D eigenvalue weighted by molar-refractivity contribution is 0.904. The first kappa shape index (κ1) is 45.2. The lowest BCUT2D eigenvalue weighted by Gasteiger charge is -2.26. The summed E-state index contributed by atoms with van der Waals surface area (Å²) in [6, 6.07) is 18.7. The molecule has 47 heavy (non-hydrogen) atoms. The van der Waals surface area contributed by atoms with Gasteiger partial charge >= 0.3 is 0 Å². The molecular formula is C45H60IN. The van der Waals surface area contributed by atoms with E-state index < -0.39 is 0 Å². The molecule has 0 fully saturated rings. The smallest absolute Gasteiger partial charge is 0.0461 e. The lowest BCUT2D eigenvalue weighted by atomic mass is 10.0. The van der Waals surface area contributed by atoms with Crippen LogP contribution in [0.25, 0.3) is 11.1 Å². The fourth-order valence-electron chi connectivity index (χ4n) is 3.15. The molecule has 2 aromatic carbocycles. The van der Waals surface area contributed by atoms with Gasteiger partial charge in [0, 0.05) is 20.5 Å². The first-order valence-electron chi connectivity index (χ1n) is 16.1. The van der Waals surface area contributed by atoms with Gasteiger partial charge in [0.1, 0.15) is 0 Å². The third-order valence-electron chi connectivity index (χ3n) is 6.17. The van der Waals surface area contributed by atoms with Crippen molar-refractivity contribution in [2.75, 3.05) is 4.90 Å². The van der Waals surface area contributed by atoms with Crippen LogP contribution in [0, 0.1) is 0 Å². The van der Waals surface area contributed by atoms with E-state index in [4.69, 9.17) is 0 Å². The fraction of sp³-hybridized carbons (Fsp3) is 0.244. The lowest BCUT2D eigenvalue weighted by Crippen LogP contribution is -2.19. The molecule has 252 valence electrons. The summed E-state index contributed by atoms with van der Waals surface area (Å²) in [7, 11) is 0. The van der Waals surface area contributed by atoms with Crippen molar-refractivity contribution in [1.29, 1.82) is 0 Å². The molecule has 0 saturated heterocycles. The Labute approximate surface area is 303 Å². The number of hydrogen-bond donors (Lipinski definition) is 0. The Hall–Kier alpha value is -3.89. The van der Waals surface area contributed by atoms with E-state index in [2.05, 4.69) is 126 Å². The molecule has 2 rings (SSSR count). The van der Waals surface area contributed by atoms with Crippen molar-refractivity contribution < 1.29 is 0 Å². The molecule has 0 aromatic heterocycles. The third-order valence-corrected chi connectivity index (χ3v) is 6.87. The second-order valence-corrected chi connectivity index (χ2v) is 13.9. The molecule has 1 nitrogen and oxygen atoms in total. The fourth-order valence-corrected chi connectivity index (χ4v) is 3.33. The van der Waals surface area contributed by atoms with Crippen molar-refractivity contribution in [2.45, 2.75) is 72.2 Å². The Kier molecular flexibility index (Phi) is 25.2. The van der Waals surface area contributed by atoms with Gasteiger partial charge in [0.25, 0.3) is 0 Å². The van der Waals surface area contributed by atoms with Crippen molar-refractivity contribution in [3.8, 4) is 11.1 Å². The Bertz CT molecular complexity index is 1400. The van der Waals surface area contributed by atoms with Crippen molar-refractivity contribution in [3.63, 3.8) is 0 Å². The Morgan fingerprint density at radius 2 is 1.00 bits per heavy atom. The second kappa shape index (κ2) is 26.2. The highest BCUT2D eigenvalue weighted by Gasteiger charge is 2.16. The number of rotatable bonds is 12. The molecule has 2 heteroatoms. The first-order chi connectivity index (χ1) is 22.1. The molecule has 0 saturated carbocycles. The summed E-state index contributed by atoms with van der Waals surface area (Å²) in [6.07, 6.45) is 20.9. The van der Waals surface area contributed by atoms with Crippen LogP contribution >= 0.6 is 22.6 Å². The van der Waals surface area contributed by atoms with Crippen molar-refractivity contribution in [2.24, 2.45) is 0 Å². The van der Waals surface area contributed by atoms with Gasteiger partial charge in [0.05, 0.1) is 0 Å². The maximum atomic E-state index is 4.34. The number of anilines is 1. The minimum atomic E-state index is -0.0526. The van der Waals surface area contributed by atoms with Crippen LogP contribution in [0.15, 0.2) is 189 Å². The number of alkyl halides is 1. The van der Waals surface area contributed by atoms with Crippen LogP contribution < -0.4 is 4.90 Å². The van der Waals surface area contributed by atoms with E-state index in [0.717, 1.165) is 44.9 Å². The summed E-state index contributed by atoms with van der Waals surface area (Å²) in [4.78, 5) is 2.02. The zero-order valence-corrected chi connectivity index (χ0v) is 32.9. The standard InChI is InChI=1S/C34H36IN.2C4H8.C3H8/c1-25(2)15-16-26(3)27(4)17-19-29(6)36(30(7)20-18-28(5)34(8,9)35)33-23-21-32(22-24-33)31-13-11-10-12-14-31;2*1-3-4-2;1-3-2/h10-24H,1,3-7H2,2,8-9H3;2*3-4H,1-2H3;3H2,1-2H3/b16-15-,19-17-,20-18-;2*4-3-;. The molecule has 0 N–H and O–H groups in total. The predicted octanol–water partition coefficient (Wildman–Crippen LogP) is 14.9. The minimum Gasteiger partial charge on any atom is -0.312 e. The van der Waals surface area contributed by atoms with Gasteiger partial charge in [0.2, 0.25) is 0 Å². The number of allylic oxidation sites excluding steroid dienone is 14. The van der Waals surface area contributed by atoms with Crippen LogP contribution in [-0.4, -0.2) is 3.42 Å². The van der Waals surface area contributed by atoms with E-state index >= 15 is 0 Å². The molecule has 0 bridgehead atoms. The molecule has 0 radical (unpaired) electrons. The largest absolute Gasteiger partial charge is 0.312 e. The van der Waals surface area contributed by atoms with Crippen LogP contribution in [-0.2, 0) is 0 Å². The van der Waals surface area contributed by atoms with E-state index in [9.17, 15) is 0 Å². The Morgan fingerprint density at radius 3 is 1.38 bits per heavy atom. The van der Waals surface area contributed by atoms with E-state index in [-0.39, 0.29) is 3.42 Å². The van der Waals surface area contributed by atoms with Crippen molar-refractivity contribution in [3.05, 3.63) is 189 Å². The normalized spacial score (nSPS) is 10.9. The summed E-state index contributed by atoms with van der Waals surface area (Å²) in [5, 5.41) is 0. The van der Waals surface area contributed by atoms with Gasteiger partial charge < -0.3 is 4.90 Å². The number of hydrogen-bond acceptors (Lipinski definition) is 1. The van der Waals surface area contributed by atoms with Crippen LogP contribution in [0.5, 0.6) is 0 Å². The number of nitrogens with zero attached hydrogens (tertiary/aromatic N) is 1. The van der Waals surface area contributed by atoms with Crippen molar-refractivity contribution in [1.82, 2.24) is 0 Å². The average molecular weight is 742 g/mol. The minimum absolute atomic E-state index is 0.0526. The molecule has 2 aromatic rings. The molecule has 0 aliphatic rings. The van der Waals surface area contributed by atoms with Gasteiger partial charge in [-0.15, -0.1) is 0 Å². The molecule has 0 unspecified atom stereocenters. The molecule has 0 aliphatic carbocycles. The third kappa shape index (κ3) is 20.8. The van der Waals surface area contributed by atoms with Crippen LogP contribution in [0.4, 0.5) is 5.69 Å². The molecule has 0 amide bonds. The molecular weight excluding hydrogens is 681 g/mol. The monoisotopic (exact) mass is 741 g/mol. The second-order valence-electron chi connectivity index (χ2n) is 11.2. The quantitative estimate of drug-likeness (QED) is 0.0906. The Morgan fingerprint density at radius 1 is 0.617 bits per heavy atom. The first-order valence-corrected chi connectivity index (χ1v) is 17.2. The molecule has 0 spiro atoms.